The minimum absolute atomic E-state index is 0.437. The van der Waals surface area contributed by atoms with Crippen LogP contribution in [0.1, 0.15) is 89.7 Å². The first-order valence-electron chi connectivity index (χ1n) is 16.5. The van der Waals surface area contributed by atoms with E-state index in [9.17, 15) is 0 Å². The van der Waals surface area contributed by atoms with Crippen LogP contribution in [0, 0.1) is 17.8 Å². The van der Waals surface area contributed by atoms with Gasteiger partial charge in [0.15, 0.2) is 0 Å². The number of allylic oxidation sites excluding steroid dienone is 1. The van der Waals surface area contributed by atoms with Crippen LogP contribution in [0.25, 0.3) is 6.08 Å². The molecule has 3 unspecified atom stereocenters. The molecule has 3 atom stereocenters. The van der Waals surface area contributed by atoms with Crippen molar-refractivity contribution in [2.75, 3.05) is 0 Å². The third-order valence-electron chi connectivity index (χ3n) is 9.62. The molecule has 0 saturated heterocycles. The van der Waals surface area contributed by atoms with Crippen LogP contribution in [0.4, 0.5) is 0 Å². The zero-order valence-electron chi connectivity index (χ0n) is 26.3. The molecule has 0 spiro atoms. The Morgan fingerprint density at radius 1 is 0.524 bits per heavy atom. The number of hydrogen-bond donors (Lipinski definition) is 0. The van der Waals surface area contributed by atoms with Gasteiger partial charge in [0.1, 0.15) is 0 Å². The molecule has 0 radical (unpaired) electrons. The van der Waals surface area contributed by atoms with Crippen molar-refractivity contribution in [2.24, 2.45) is 17.8 Å². The van der Waals surface area contributed by atoms with Gasteiger partial charge in [0, 0.05) is 0 Å². The summed E-state index contributed by atoms with van der Waals surface area (Å²) in [5.74, 6) is 2.79. The summed E-state index contributed by atoms with van der Waals surface area (Å²) in [6, 6.07) is 43.6. The van der Waals surface area contributed by atoms with Crippen molar-refractivity contribution >= 4 is 29.3 Å². The zero-order valence-corrected chi connectivity index (χ0v) is 27.3. The molecule has 0 saturated carbocycles. The summed E-state index contributed by atoms with van der Waals surface area (Å²) >= 11 is 0. The molecule has 42 heavy (non-hydrogen) atoms. The number of benzene rings is 4. The summed E-state index contributed by atoms with van der Waals surface area (Å²) in [6.07, 6.45) is 12.0. The van der Waals surface area contributed by atoms with E-state index in [4.69, 9.17) is 0 Å². The Kier molecular flexibility index (Phi) is 10.5. The van der Waals surface area contributed by atoms with Crippen LogP contribution in [0.2, 0.25) is 0 Å². The van der Waals surface area contributed by atoms with Crippen molar-refractivity contribution in [1.29, 1.82) is 0 Å². The maximum absolute atomic E-state index is 2.60. The van der Waals surface area contributed by atoms with Crippen molar-refractivity contribution in [3.8, 4) is 0 Å². The first-order chi connectivity index (χ1) is 20.5. The summed E-state index contributed by atoms with van der Waals surface area (Å²) in [6.45, 7) is 9.68. The average Bonchev–Trinajstić information content (AvgIpc) is 3.37. The Labute approximate surface area is 256 Å². The molecule has 5 rings (SSSR count). The van der Waals surface area contributed by atoms with Crippen molar-refractivity contribution < 1.29 is 0 Å². The van der Waals surface area contributed by atoms with E-state index in [-0.39, 0.29) is 0 Å². The van der Waals surface area contributed by atoms with E-state index in [1.165, 1.54) is 72.0 Å². The Morgan fingerprint density at radius 3 is 1.50 bits per heavy atom. The third kappa shape index (κ3) is 6.82. The molecule has 220 valence electrons. The molecule has 0 heterocycles. The second kappa shape index (κ2) is 14.5. The third-order valence-corrected chi connectivity index (χ3v) is 14.6. The molecule has 0 aromatic heterocycles. The second-order valence-corrected chi connectivity index (χ2v) is 17.1. The molecule has 1 heteroatoms. The predicted molar refractivity (Wildman–Crippen MR) is 189 cm³/mol. The van der Waals surface area contributed by atoms with Gasteiger partial charge in [-0.05, 0) is 0 Å². The molecule has 1 aliphatic carbocycles. The van der Waals surface area contributed by atoms with E-state index in [0.29, 0.717) is 11.8 Å². The Morgan fingerprint density at radius 2 is 0.976 bits per heavy atom. The fraction of sp³-hybridized carbons (Fsp3) is 0.366. The number of hydrogen-bond acceptors (Lipinski definition) is 0. The van der Waals surface area contributed by atoms with Crippen LogP contribution in [-0.4, -0.2) is 0 Å². The van der Waals surface area contributed by atoms with Crippen LogP contribution >= 0.6 is 7.26 Å². The first-order valence-corrected chi connectivity index (χ1v) is 18.5. The molecule has 0 aliphatic heterocycles. The van der Waals surface area contributed by atoms with Gasteiger partial charge in [-0.2, -0.15) is 0 Å². The molecule has 0 fully saturated rings. The average molecular weight is 575 g/mol. The van der Waals surface area contributed by atoms with Crippen molar-refractivity contribution in [3.05, 3.63) is 132 Å². The quantitative estimate of drug-likeness (QED) is 0.131. The Bertz CT molecular complexity index is 1310. The van der Waals surface area contributed by atoms with Gasteiger partial charge < -0.3 is 0 Å². The van der Waals surface area contributed by atoms with Crippen LogP contribution in [0.5, 0.6) is 0 Å². The molecule has 4 aromatic carbocycles. The van der Waals surface area contributed by atoms with E-state index in [1.807, 2.05) is 0 Å². The second-order valence-electron chi connectivity index (χ2n) is 13.3. The van der Waals surface area contributed by atoms with Crippen LogP contribution in [0.15, 0.2) is 121 Å². The predicted octanol–water partition coefficient (Wildman–Crippen LogP) is 10.5. The molecule has 1 aliphatic rings. The molecular formula is C41H51P. The van der Waals surface area contributed by atoms with Crippen molar-refractivity contribution in [2.45, 2.75) is 78.6 Å². The summed E-state index contributed by atoms with van der Waals surface area (Å²) in [7, 11) is -2.53. The van der Waals surface area contributed by atoms with E-state index < -0.39 is 7.26 Å². The van der Waals surface area contributed by atoms with E-state index in [0.717, 1.165) is 11.8 Å². The first kappa shape index (κ1) is 30.5. The SMILES string of the molecule is CC(C)CCCC(C)CCCC(C)CC1C([PH](c2ccccc2)(c2ccccc2)c2ccccc2)=Cc2ccccc21. The van der Waals surface area contributed by atoms with Crippen molar-refractivity contribution in [1.82, 2.24) is 0 Å². The van der Waals surface area contributed by atoms with Gasteiger partial charge in [0.05, 0.1) is 0 Å². The standard InChI is InChI=1S/C41H51P/c1-32(2)18-16-19-33(3)20-17-21-34(4)30-40-39-29-15-14-22-35(39)31-41(40)42(36-23-8-5-9-24-36,37-25-10-6-11-26-37)38-27-12-7-13-28-38/h5-15,22-29,31-34,40,42H,16-21,30H2,1-4H3. The molecular weight excluding hydrogens is 523 g/mol. The van der Waals surface area contributed by atoms with Gasteiger partial charge in [0.25, 0.3) is 0 Å². The van der Waals surface area contributed by atoms with Crippen LogP contribution in [-0.2, 0) is 0 Å². The van der Waals surface area contributed by atoms with Gasteiger partial charge in [0.2, 0.25) is 0 Å². The van der Waals surface area contributed by atoms with E-state index in [1.54, 1.807) is 5.31 Å². The normalized spacial score (nSPS) is 16.6. The van der Waals surface area contributed by atoms with Crippen molar-refractivity contribution in [3.63, 3.8) is 0 Å². The molecule has 0 bridgehead atoms. The van der Waals surface area contributed by atoms with Crippen LogP contribution in [0.3, 0.4) is 0 Å². The van der Waals surface area contributed by atoms with E-state index >= 15 is 0 Å². The zero-order chi connectivity index (χ0) is 29.4. The van der Waals surface area contributed by atoms with Crippen LogP contribution < -0.4 is 15.9 Å². The summed E-state index contributed by atoms with van der Waals surface area (Å²) in [5, 5.41) is 6.10. The van der Waals surface area contributed by atoms with Gasteiger partial charge in [-0.1, -0.05) is 13.8 Å². The van der Waals surface area contributed by atoms with Gasteiger partial charge >= 0.3 is 243 Å². The maximum atomic E-state index is 2.60. The monoisotopic (exact) mass is 574 g/mol. The number of rotatable bonds is 14. The summed E-state index contributed by atoms with van der Waals surface area (Å²) < 4.78 is 0. The minimum atomic E-state index is -2.53. The summed E-state index contributed by atoms with van der Waals surface area (Å²) in [5.41, 5.74) is 2.95. The van der Waals surface area contributed by atoms with E-state index in [2.05, 4.69) is 149 Å². The van der Waals surface area contributed by atoms with Gasteiger partial charge in [-0.15, -0.1) is 0 Å². The van der Waals surface area contributed by atoms with Gasteiger partial charge in [-0.3, -0.25) is 0 Å². The molecule has 0 nitrogen and oxygen atoms in total. The fourth-order valence-electron chi connectivity index (χ4n) is 7.44. The van der Waals surface area contributed by atoms with Gasteiger partial charge in [-0.25, -0.2) is 0 Å². The summed E-state index contributed by atoms with van der Waals surface area (Å²) in [4.78, 5) is 0. The Balaban J connectivity index is 1.49. The topological polar surface area (TPSA) is 0 Å². The fourth-order valence-corrected chi connectivity index (χ4v) is 12.7. The molecule has 0 amide bonds. The number of fused-ring (bicyclic) bond motifs is 1. The molecule has 4 aromatic rings. The Hall–Kier alpha value is -2.95. The molecule has 0 N–H and O–H groups in total.